The molecule has 0 rings (SSSR count). The third kappa shape index (κ3) is 2890. The van der Waals surface area contributed by atoms with Crippen LogP contribution in [0.25, 0.3) is 0 Å². The molecule has 109 valence electrons. The summed E-state index contributed by atoms with van der Waals surface area (Å²) in [6, 6.07) is 0. The van der Waals surface area contributed by atoms with Crippen LogP contribution in [0.2, 0.25) is 0 Å². The van der Waals surface area contributed by atoms with Crippen molar-refractivity contribution in [1.29, 1.82) is 0 Å². The zero-order valence-corrected chi connectivity index (χ0v) is 8.99. The Bertz CT molecular complexity index is 93.5. The Morgan fingerprint density at radius 1 is 0.571 bits per heavy atom. The second kappa shape index (κ2) is 48.9. The Morgan fingerprint density at radius 2 is 0.571 bits per heavy atom. The number of rotatable bonds is 0. The normalized spacial score (nSPS) is 4.14. The summed E-state index contributed by atoms with van der Waals surface area (Å²) >= 11 is 0. The van der Waals surface area contributed by atoms with Crippen LogP contribution >= 0.6 is 0 Å². The fraction of sp³-hybridized carbons (Fsp3) is 0. The third-order valence-electron chi connectivity index (χ3n) is 0. The average molecular weight is 411 g/mol. The van der Waals surface area contributed by atoms with E-state index in [0.29, 0.717) is 0 Å². The van der Waals surface area contributed by atoms with E-state index in [1.165, 1.54) is 0 Å². The molecular weight excluding hydrogens is 393 g/mol. The quantitative estimate of drug-likeness (QED) is 0.366. The van der Waals surface area contributed by atoms with E-state index >= 15 is 0 Å². The summed E-state index contributed by atoms with van der Waals surface area (Å²) in [5.74, 6) is 0. The predicted molar refractivity (Wildman–Crippen MR) is 43.1 cm³/mol. The van der Waals surface area contributed by atoms with Gasteiger partial charge in [0.05, 0.1) is 0 Å². The zero-order chi connectivity index (χ0) is 4.50. The van der Waals surface area contributed by atoms with Crippen molar-refractivity contribution in [1.82, 2.24) is 0 Å². The Kier molecular flexibility index (Phi) is 429. The molecule has 14 heteroatoms. The molecule has 0 amide bonds. The van der Waals surface area contributed by atoms with Crippen molar-refractivity contribution in [2.24, 2.45) is 0 Å². The Labute approximate surface area is 108 Å². The van der Waals surface area contributed by atoms with Crippen LogP contribution in [-0.4, -0.2) is 61.3 Å². The van der Waals surface area contributed by atoms with Gasteiger partial charge >= 0.3 is 10.4 Å². The van der Waals surface area contributed by atoms with Gasteiger partial charge in [-0.3, -0.25) is 9.11 Å². The van der Waals surface area contributed by atoms with Crippen molar-refractivity contribution in [2.75, 3.05) is 0 Å². The Hall–Kier alpha value is 0.784. The molecule has 0 unspecified atom stereocenters. The van der Waals surface area contributed by atoms with Gasteiger partial charge in [0, 0.05) is 36.9 Å². The largest absolute Gasteiger partial charge is 0.412 e. The van der Waals surface area contributed by atoms with Gasteiger partial charge in [-0.25, -0.2) is 0 Å². The average Bonchev–Trinajstić information content (AvgIpc) is 0.722. The predicted octanol–water partition coefficient (Wildman–Crippen LogP) is -7.25. The molecular formula is H18O12STm. The molecule has 0 aromatic heterocycles. The molecule has 0 saturated carbocycles. The van der Waals surface area contributed by atoms with Gasteiger partial charge in [0.15, 0.2) is 0 Å². The Morgan fingerprint density at radius 3 is 0.571 bits per heavy atom. The molecule has 0 atom stereocenters. The molecule has 0 aliphatic heterocycles. The van der Waals surface area contributed by atoms with Gasteiger partial charge < -0.3 is 43.8 Å². The molecule has 0 aliphatic carbocycles. The van der Waals surface area contributed by atoms with Crippen molar-refractivity contribution in [2.45, 2.75) is 0 Å². The van der Waals surface area contributed by atoms with Gasteiger partial charge in [0.2, 0.25) is 0 Å². The second-order valence-corrected chi connectivity index (χ2v) is 1.34. The molecule has 0 heterocycles. The molecule has 0 spiro atoms. The Balaban J connectivity index is -0.00000000222. The molecule has 0 saturated heterocycles. The van der Waals surface area contributed by atoms with Gasteiger partial charge in [-0.05, 0) is 0 Å². The molecule has 0 fully saturated rings. The van der Waals surface area contributed by atoms with Crippen LogP contribution in [0, 0.1) is 36.9 Å². The van der Waals surface area contributed by atoms with E-state index in [0.717, 1.165) is 0 Å². The van der Waals surface area contributed by atoms with E-state index in [-0.39, 0.29) is 80.7 Å². The summed E-state index contributed by atoms with van der Waals surface area (Å²) in [7, 11) is -4.67. The molecule has 1 radical (unpaired) electrons. The first kappa shape index (κ1) is 123. The maximum atomic E-state index is 8.74. The number of hydrogen-bond acceptors (Lipinski definition) is 2. The van der Waals surface area contributed by atoms with Gasteiger partial charge in [-0.1, -0.05) is 0 Å². The molecule has 12 nitrogen and oxygen atoms in total. The SMILES string of the molecule is O.O.O.O.O.O.O.O.O=S(=O)(O)O.[Tm]. The maximum absolute atomic E-state index is 8.74. The van der Waals surface area contributed by atoms with E-state index in [1.807, 2.05) is 0 Å². The van der Waals surface area contributed by atoms with Crippen molar-refractivity contribution in [3.63, 3.8) is 0 Å². The molecule has 14 heavy (non-hydrogen) atoms. The van der Waals surface area contributed by atoms with Gasteiger partial charge in [0.1, 0.15) is 0 Å². The van der Waals surface area contributed by atoms with Gasteiger partial charge in [-0.2, -0.15) is 8.42 Å². The first-order chi connectivity index (χ1) is 2.00. The van der Waals surface area contributed by atoms with Gasteiger partial charge in [-0.15, -0.1) is 0 Å². The molecule has 0 aromatic rings. The minimum atomic E-state index is -4.67. The minimum absolute atomic E-state index is 0. The van der Waals surface area contributed by atoms with Gasteiger partial charge in [0.25, 0.3) is 0 Å². The molecule has 0 aromatic carbocycles. The topological polar surface area (TPSA) is 327 Å². The summed E-state index contributed by atoms with van der Waals surface area (Å²) in [5.41, 5.74) is 0. The van der Waals surface area contributed by atoms with Crippen molar-refractivity contribution < 1.29 is 98.2 Å². The van der Waals surface area contributed by atoms with Crippen LogP contribution in [-0.2, 0) is 10.4 Å². The summed E-state index contributed by atoms with van der Waals surface area (Å²) in [4.78, 5) is 0. The van der Waals surface area contributed by atoms with Crippen molar-refractivity contribution in [3.05, 3.63) is 0 Å². The molecule has 0 bridgehead atoms. The molecule has 18 N–H and O–H groups in total. The first-order valence-electron chi connectivity index (χ1n) is 0.698. The van der Waals surface area contributed by atoms with E-state index in [1.54, 1.807) is 0 Å². The van der Waals surface area contributed by atoms with Crippen molar-refractivity contribution in [3.8, 4) is 0 Å². The van der Waals surface area contributed by atoms with Crippen LogP contribution in [0.5, 0.6) is 0 Å². The summed E-state index contributed by atoms with van der Waals surface area (Å²) < 4.78 is 31.6. The number of hydrogen-bond donors (Lipinski definition) is 2. The third-order valence-corrected chi connectivity index (χ3v) is 0. The standard InChI is InChI=1S/H2O4S.8H2O.Tm/c1-5(2,3)4;;;;;;;;;/h(H2,1,2,3,4);8*1H2;. The maximum Gasteiger partial charge on any atom is 0.394 e. The van der Waals surface area contributed by atoms with E-state index in [4.69, 9.17) is 17.5 Å². The fourth-order valence-electron chi connectivity index (χ4n) is 0. The summed E-state index contributed by atoms with van der Waals surface area (Å²) in [6.45, 7) is 0. The van der Waals surface area contributed by atoms with Crippen LogP contribution in [0.3, 0.4) is 0 Å². The zero-order valence-electron chi connectivity index (χ0n) is 6.40. The van der Waals surface area contributed by atoms with E-state index < -0.39 is 10.4 Å². The second-order valence-electron chi connectivity index (χ2n) is 0.448. The van der Waals surface area contributed by atoms with Crippen LogP contribution in [0.4, 0.5) is 0 Å². The minimum Gasteiger partial charge on any atom is -0.412 e. The van der Waals surface area contributed by atoms with E-state index in [2.05, 4.69) is 0 Å². The van der Waals surface area contributed by atoms with E-state index in [9.17, 15) is 0 Å². The fourth-order valence-corrected chi connectivity index (χ4v) is 0. The summed E-state index contributed by atoms with van der Waals surface area (Å²) in [5, 5.41) is 0. The smallest absolute Gasteiger partial charge is 0.394 e. The van der Waals surface area contributed by atoms with Crippen LogP contribution in [0.1, 0.15) is 0 Å². The monoisotopic (exact) mass is 411 g/mol. The van der Waals surface area contributed by atoms with Crippen LogP contribution < -0.4 is 0 Å². The first-order valence-corrected chi connectivity index (χ1v) is 2.10. The van der Waals surface area contributed by atoms with Crippen molar-refractivity contribution >= 4 is 10.4 Å². The summed E-state index contributed by atoms with van der Waals surface area (Å²) in [6.07, 6.45) is 0. The molecule has 0 aliphatic rings. The van der Waals surface area contributed by atoms with Crippen LogP contribution in [0.15, 0.2) is 0 Å².